The molecule has 1 saturated heterocycles. The van der Waals surface area contributed by atoms with E-state index in [0.29, 0.717) is 21.6 Å². The largest absolute Gasteiger partial charge is 0.394 e. The van der Waals surface area contributed by atoms with Crippen LogP contribution < -0.4 is 0 Å². The van der Waals surface area contributed by atoms with Gasteiger partial charge in [0.05, 0.1) is 24.5 Å². The van der Waals surface area contributed by atoms with Gasteiger partial charge >= 0.3 is 0 Å². The summed E-state index contributed by atoms with van der Waals surface area (Å²) in [4.78, 5) is 0. The van der Waals surface area contributed by atoms with Crippen LogP contribution in [0, 0.1) is 17.5 Å². The third kappa shape index (κ3) is 4.58. The minimum absolute atomic E-state index is 0.0352. The molecule has 1 aliphatic heterocycles. The Labute approximate surface area is 211 Å². The average molecular weight is 541 g/mol. The van der Waals surface area contributed by atoms with Crippen LogP contribution in [0.2, 0.25) is 10.0 Å². The highest BCUT2D eigenvalue weighted by molar-refractivity contribution is 6.34. The smallest absolute Gasteiger partial charge is 0.194 e. The Morgan fingerprint density at radius 2 is 1.72 bits per heavy atom. The monoisotopic (exact) mass is 540 g/mol. The second-order valence-electron chi connectivity index (χ2n) is 8.16. The molecule has 3 heterocycles. The zero-order valence-corrected chi connectivity index (χ0v) is 19.7. The molecule has 0 saturated carbocycles. The molecule has 188 valence electrons. The third-order valence-electron chi connectivity index (χ3n) is 5.87. The van der Waals surface area contributed by atoms with E-state index in [2.05, 4.69) is 20.5 Å². The minimum atomic E-state index is -1.59. The molecule has 4 atom stereocenters. The SMILES string of the molecule is OCC1OC(c2nncn2-c2cc(Cl)cc(Cl)c2)CC(n2cc(-c3cc(F)c(F)c(F)c3)nn2)C1O. The number of benzene rings is 2. The molecule has 0 aliphatic carbocycles. The maximum absolute atomic E-state index is 13.7. The third-order valence-corrected chi connectivity index (χ3v) is 6.30. The number of hydrogen-bond donors (Lipinski definition) is 2. The van der Waals surface area contributed by atoms with E-state index >= 15 is 0 Å². The van der Waals surface area contributed by atoms with Crippen LogP contribution >= 0.6 is 23.2 Å². The molecule has 14 heteroatoms. The van der Waals surface area contributed by atoms with Crippen molar-refractivity contribution in [3.05, 3.63) is 76.2 Å². The fourth-order valence-electron chi connectivity index (χ4n) is 4.15. The lowest BCUT2D eigenvalue weighted by molar-refractivity contribution is -0.161. The molecule has 0 bridgehead atoms. The number of rotatable bonds is 5. The van der Waals surface area contributed by atoms with Gasteiger partial charge in [-0.3, -0.25) is 4.57 Å². The van der Waals surface area contributed by atoms with Crippen LogP contribution in [0.1, 0.15) is 24.4 Å². The van der Waals surface area contributed by atoms with Gasteiger partial charge in [-0.25, -0.2) is 17.9 Å². The van der Waals surface area contributed by atoms with E-state index in [-0.39, 0.29) is 17.7 Å². The van der Waals surface area contributed by atoms with Crippen LogP contribution in [0.3, 0.4) is 0 Å². The van der Waals surface area contributed by atoms with Crippen molar-refractivity contribution in [1.29, 1.82) is 0 Å². The Bertz CT molecular complexity index is 1370. The van der Waals surface area contributed by atoms with Crippen LogP contribution in [0.4, 0.5) is 13.2 Å². The van der Waals surface area contributed by atoms with Gasteiger partial charge in [0.25, 0.3) is 0 Å². The predicted octanol–water partition coefficient (Wildman–Crippen LogP) is 3.67. The van der Waals surface area contributed by atoms with Gasteiger partial charge in [-0.05, 0) is 30.3 Å². The fraction of sp³-hybridized carbons (Fsp3) is 0.273. The first-order valence-electron chi connectivity index (χ1n) is 10.6. The molecule has 0 spiro atoms. The van der Waals surface area contributed by atoms with Crippen LogP contribution in [-0.4, -0.2) is 58.8 Å². The minimum Gasteiger partial charge on any atom is -0.394 e. The van der Waals surface area contributed by atoms with Gasteiger partial charge in [0.2, 0.25) is 0 Å². The van der Waals surface area contributed by atoms with E-state index in [1.807, 2.05) is 0 Å². The molecular weight excluding hydrogens is 524 g/mol. The molecule has 4 unspecified atom stereocenters. The summed E-state index contributed by atoms with van der Waals surface area (Å²) >= 11 is 12.3. The van der Waals surface area contributed by atoms with Crippen molar-refractivity contribution >= 4 is 23.2 Å². The first-order valence-corrected chi connectivity index (χ1v) is 11.4. The molecule has 5 rings (SSSR count). The molecule has 36 heavy (non-hydrogen) atoms. The van der Waals surface area contributed by atoms with Crippen molar-refractivity contribution in [2.45, 2.75) is 30.8 Å². The van der Waals surface area contributed by atoms with Gasteiger partial charge in [-0.15, -0.1) is 15.3 Å². The van der Waals surface area contributed by atoms with Crippen LogP contribution in [0.15, 0.2) is 42.9 Å². The van der Waals surface area contributed by atoms with Crippen molar-refractivity contribution in [1.82, 2.24) is 29.8 Å². The van der Waals surface area contributed by atoms with Crippen LogP contribution in [0.5, 0.6) is 0 Å². The maximum Gasteiger partial charge on any atom is 0.194 e. The summed E-state index contributed by atoms with van der Waals surface area (Å²) in [7, 11) is 0. The number of ether oxygens (including phenoxy) is 1. The Morgan fingerprint density at radius 3 is 2.39 bits per heavy atom. The highest BCUT2D eigenvalue weighted by Crippen LogP contribution is 2.38. The van der Waals surface area contributed by atoms with Gasteiger partial charge in [0.15, 0.2) is 23.3 Å². The first kappa shape index (κ1) is 24.7. The highest BCUT2D eigenvalue weighted by Gasteiger charge is 2.41. The second kappa shape index (κ2) is 9.79. The number of hydrogen-bond acceptors (Lipinski definition) is 7. The fourth-order valence-corrected chi connectivity index (χ4v) is 4.67. The average Bonchev–Trinajstić information content (AvgIpc) is 3.52. The Hall–Kier alpha value is -3.03. The van der Waals surface area contributed by atoms with Gasteiger partial charge in [0, 0.05) is 22.0 Å². The summed E-state index contributed by atoms with van der Waals surface area (Å²) in [5.74, 6) is -3.98. The molecule has 0 radical (unpaired) electrons. The summed E-state index contributed by atoms with van der Waals surface area (Å²) in [5.41, 5.74) is 0.593. The van der Waals surface area contributed by atoms with Gasteiger partial charge in [0.1, 0.15) is 30.3 Å². The van der Waals surface area contributed by atoms with E-state index in [1.54, 1.807) is 22.8 Å². The van der Waals surface area contributed by atoms with E-state index in [4.69, 9.17) is 27.9 Å². The van der Waals surface area contributed by atoms with Crippen LogP contribution in [0.25, 0.3) is 16.9 Å². The van der Waals surface area contributed by atoms with Crippen LogP contribution in [-0.2, 0) is 4.74 Å². The van der Waals surface area contributed by atoms with Gasteiger partial charge in [-0.1, -0.05) is 28.4 Å². The summed E-state index contributed by atoms with van der Waals surface area (Å²) in [6, 6.07) is 5.71. The first-order chi connectivity index (χ1) is 17.2. The van der Waals surface area contributed by atoms with Gasteiger partial charge in [-0.2, -0.15) is 0 Å². The molecule has 2 N–H and O–H groups in total. The van der Waals surface area contributed by atoms with Gasteiger partial charge < -0.3 is 14.9 Å². The quantitative estimate of drug-likeness (QED) is 0.371. The Kier molecular flexibility index (Phi) is 6.70. The number of halogens is 5. The topological polar surface area (TPSA) is 111 Å². The molecule has 1 fully saturated rings. The molecule has 0 amide bonds. The second-order valence-corrected chi connectivity index (χ2v) is 9.04. The lowest BCUT2D eigenvalue weighted by Gasteiger charge is -2.38. The van der Waals surface area contributed by atoms with E-state index in [0.717, 1.165) is 12.1 Å². The highest BCUT2D eigenvalue weighted by atomic mass is 35.5. The Morgan fingerprint density at radius 1 is 1.03 bits per heavy atom. The van der Waals surface area contributed by atoms with Crippen molar-refractivity contribution in [3.63, 3.8) is 0 Å². The number of nitrogens with zero attached hydrogens (tertiary/aromatic N) is 6. The summed E-state index contributed by atoms with van der Waals surface area (Å²) in [5, 5.41) is 37.5. The molecule has 9 nitrogen and oxygen atoms in total. The Balaban J connectivity index is 1.48. The van der Waals surface area contributed by atoms with E-state index in [9.17, 15) is 23.4 Å². The normalized spacial score (nSPS) is 22.2. The zero-order chi connectivity index (χ0) is 25.6. The predicted molar refractivity (Wildman–Crippen MR) is 121 cm³/mol. The maximum atomic E-state index is 13.7. The van der Waals surface area contributed by atoms with Crippen molar-refractivity contribution < 1.29 is 28.1 Å². The number of aliphatic hydroxyl groups excluding tert-OH is 2. The lowest BCUT2D eigenvalue weighted by Crippen LogP contribution is -2.45. The summed E-state index contributed by atoms with van der Waals surface area (Å²) < 4.78 is 49.6. The molecule has 2 aromatic carbocycles. The molecule has 4 aromatic rings. The molecule has 2 aromatic heterocycles. The standard InChI is InChI=1S/C22H17Cl2F3N6O3/c23-11-3-12(24)5-13(4-11)32-9-28-30-22(32)18-6-17(21(35)19(8-34)36-18)33-7-16(29-31-33)10-1-14(25)20(27)15(26)2-10/h1-5,7,9,17-19,21,34-35H,6,8H2. The molecule has 1 aliphatic rings. The van der Waals surface area contributed by atoms with Crippen molar-refractivity contribution in [3.8, 4) is 16.9 Å². The van der Waals surface area contributed by atoms with Crippen molar-refractivity contribution in [2.75, 3.05) is 6.61 Å². The molecular formula is C22H17Cl2F3N6O3. The summed E-state index contributed by atoms with van der Waals surface area (Å²) in [6.07, 6.45) is -0.0588. The number of aromatic nitrogens is 6. The van der Waals surface area contributed by atoms with E-state index < -0.39 is 48.4 Å². The summed E-state index contributed by atoms with van der Waals surface area (Å²) in [6.45, 7) is -0.513. The zero-order valence-electron chi connectivity index (χ0n) is 18.1. The van der Waals surface area contributed by atoms with E-state index in [1.165, 1.54) is 17.2 Å². The lowest BCUT2D eigenvalue weighted by atomic mass is 9.95. The number of aliphatic hydroxyl groups is 2. The van der Waals surface area contributed by atoms with Crippen molar-refractivity contribution in [2.24, 2.45) is 0 Å².